The lowest BCUT2D eigenvalue weighted by Crippen LogP contribution is -2.39. The molecule has 85 valence electrons. The van der Waals surface area contributed by atoms with Gasteiger partial charge in [-0.25, -0.2) is 4.79 Å². The molecule has 16 heavy (non-hydrogen) atoms. The van der Waals surface area contributed by atoms with Crippen molar-refractivity contribution < 1.29 is 14.3 Å². The molecule has 0 saturated heterocycles. The van der Waals surface area contributed by atoms with E-state index in [0.29, 0.717) is 0 Å². The van der Waals surface area contributed by atoms with Crippen LogP contribution in [-0.2, 0) is 16.1 Å². The van der Waals surface area contributed by atoms with Crippen molar-refractivity contribution in [3.63, 3.8) is 0 Å². The Bertz CT molecular complexity index is 365. The monoisotopic (exact) mass is 221 g/mol. The first kappa shape index (κ1) is 12.0. The number of carbonyl (C=O) groups is 2. The first-order chi connectivity index (χ1) is 7.59. The van der Waals surface area contributed by atoms with Crippen molar-refractivity contribution in [2.75, 3.05) is 0 Å². The molecule has 0 aliphatic carbocycles. The number of alkyl carbamates (subject to hydrolysis) is 1. The maximum absolute atomic E-state index is 11.2. The topological polar surface area (TPSA) is 79.2 Å². The van der Waals surface area contributed by atoms with E-state index < -0.39 is 18.0 Å². The van der Waals surface area contributed by atoms with Gasteiger partial charge in [0, 0.05) is 0 Å². The smallest absolute Gasteiger partial charge is 0.408 e. The number of hydrogen-bond acceptors (Lipinski definition) is 3. The molecule has 0 unspecified atom stereocenters. The average Bonchev–Trinajstić information content (AvgIpc) is 2.27. The number of hydrogen-bond donors (Lipinski definition) is 1. The highest BCUT2D eigenvalue weighted by Crippen LogP contribution is 2.00. The fourth-order valence-electron chi connectivity index (χ4n) is 1.01. The van der Waals surface area contributed by atoms with Crippen LogP contribution in [0.1, 0.15) is 12.5 Å². The van der Waals surface area contributed by atoms with Gasteiger partial charge in [-0.1, -0.05) is 30.3 Å². The summed E-state index contributed by atoms with van der Waals surface area (Å²) in [4.78, 5) is 21.7. The van der Waals surface area contributed by atoms with Gasteiger partial charge in [-0.3, -0.25) is 10.5 Å². The van der Waals surface area contributed by atoms with Crippen LogP contribution in [-0.4, -0.2) is 18.0 Å². The van der Waals surface area contributed by atoms with E-state index >= 15 is 0 Å². The molecule has 0 aliphatic heterocycles. The Balaban J connectivity index is 2.33. The van der Waals surface area contributed by atoms with Gasteiger partial charge in [-0.05, 0) is 12.5 Å². The van der Waals surface area contributed by atoms with Crippen molar-refractivity contribution in [2.45, 2.75) is 19.6 Å². The van der Waals surface area contributed by atoms with E-state index in [0.717, 1.165) is 5.56 Å². The Morgan fingerprint density at radius 2 is 2.00 bits per heavy atom. The molecule has 5 heteroatoms. The van der Waals surface area contributed by atoms with Crippen molar-refractivity contribution in [3.05, 3.63) is 35.9 Å². The molecule has 1 aromatic rings. The van der Waals surface area contributed by atoms with Gasteiger partial charge in [0.15, 0.2) is 0 Å². The van der Waals surface area contributed by atoms with E-state index in [1.54, 1.807) is 0 Å². The first-order valence-electron chi connectivity index (χ1n) is 4.82. The highest BCUT2D eigenvalue weighted by atomic mass is 16.5. The summed E-state index contributed by atoms with van der Waals surface area (Å²) in [5.41, 5.74) is 7.63. The van der Waals surface area contributed by atoms with Gasteiger partial charge in [0.05, 0.1) is 0 Å². The Labute approximate surface area is 93.6 Å². The highest BCUT2D eigenvalue weighted by Gasteiger charge is 2.13. The number of carbonyl (C=O) groups excluding carboxylic acids is 2. The fraction of sp³-hybridized carbons (Fsp3) is 0.273. The molecule has 0 saturated carbocycles. The summed E-state index contributed by atoms with van der Waals surface area (Å²) in [6, 6.07) is 8.35. The summed E-state index contributed by atoms with van der Waals surface area (Å²) in [5, 5.41) is 2.25. The second-order valence-corrected chi connectivity index (χ2v) is 3.29. The minimum Gasteiger partial charge on any atom is -0.445 e. The largest absolute Gasteiger partial charge is 0.445 e. The second kappa shape index (κ2) is 5.75. The summed E-state index contributed by atoms with van der Waals surface area (Å²) in [7, 11) is 0. The molecule has 1 aromatic carbocycles. The van der Waals surface area contributed by atoms with Crippen LogP contribution in [0, 0.1) is 0 Å². The Morgan fingerprint density at radius 1 is 1.38 bits per heavy atom. The van der Waals surface area contributed by atoms with Gasteiger partial charge in [0.2, 0.25) is 0 Å². The second-order valence-electron chi connectivity index (χ2n) is 3.29. The van der Waals surface area contributed by atoms with E-state index in [1.807, 2.05) is 30.3 Å². The lowest BCUT2D eigenvalue weighted by molar-refractivity contribution is -0.120. The molecule has 1 atom stereocenters. The van der Waals surface area contributed by atoms with Gasteiger partial charge >= 0.3 is 6.09 Å². The highest BCUT2D eigenvalue weighted by molar-refractivity contribution is 5.83. The van der Waals surface area contributed by atoms with Crippen molar-refractivity contribution in [1.29, 1.82) is 0 Å². The summed E-state index contributed by atoms with van der Waals surface area (Å²) in [6.45, 7) is 1.57. The predicted molar refractivity (Wildman–Crippen MR) is 57.3 cm³/mol. The SMILES string of the molecule is C[C@H](NC(=O)OCc1ccccc1)C([NH])=O. The zero-order valence-corrected chi connectivity index (χ0v) is 8.90. The number of nitrogens with one attached hydrogen (secondary N) is 2. The molecule has 0 aromatic heterocycles. The summed E-state index contributed by atoms with van der Waals surface area (Å²) in [6.07, 6.45) is -0.697. The van der Waals surface area contributed by atoms with Crippen molar-refractivity contribution in [3.8, 4) is 0 Å². The van der Waals surface area contributed by atoms with Crippen LogP contribution in [0.2, 0.25) is 0 Å². The first-order valence-corrected chi connectivity index (χ1v) is 4.82. The molecule has 2 N–H and O–H groups in total. The van der Waals surface area contributed by atoms with Gasteiger partial charge < -0.3 is 10.1 Å². The fourth-order valence-corrected chi connectivity index (χ4v) is 1.01. The number of rotatable bonds is 4. The number of ether oxygens (including phenoxy) is 1. The van der Waals surface area contributed by atoms with E-state index in [1.165, 1.54) is 6.92 Å². The van der Waals surface area contributed by atoms with E-state index in [4.69, 9.17) is 10.5 Å². The van der Waals surface area contributed by atoms with Crippen LogP contribution in [0.3, 0.4) is 0 Å². The minimum absolute atomic E-state index is 0.144. The molecule has 1 radical (unpaired) electrons. The van der Waals surface area contributed by atoms with E-state index in [2.05, 4.69) is 5.32 Å². The molecule has 0 aliphatic rings. The van der Waals surface area contributed by atoms with Crippen LogP contribution in [0.15, 0.2) is 30.3 Å². The predicted octanol–water partition coefficient (Wildman–Crippen LogP) is 1.11. The molecule has 0 bridgehead atoms. The quantitative estimate of drug-likeness (QED) is 0.827. The lowest BCUT2D eigenvalue weighted by atomic mass is 10.2. The molecule has 2 amide bonds. The maximum atomic E-state index is 11.2. The van der Waals surface area contributed by atoms with E-state index in [9.17, 15) is 9.59 Å². The summed E-state index contributed by atoms with van der Waals surface area (Å²) < 4.78 is 4.86. The third kappa shape index (κ3) is 4.00. The standard InChI is InChI=1S/C11H13N2O3/c1-8(10(12)14)13-11(15)16-7-9-5-3-2-4-6-9/h2-6,8,12H,7H2,1H3,(H,13,15)/t8-/m0/s1. The molecular formula is C11H13N2O3. The van der Waals surface area contributed by atoms with Crippen molar-refractivity contribution in [1.82, 2.24) is 11.1 Å². The minimum atomic E-state index is -0.850. The molecule has 5 nitrogen and oxygen atoms in total. The Morgan fingerprint density at radius 3 is 2.56 bits per heavy atom. The zero-order valence-electron chi connectivity index (χ0n) is 8.90. The molecule has 0 fully saturated rings. The van der Waals surface area contributed by atoms with E-state index in [-0.39, 0.29) is 6.61 Å². The normalized spacial score (nSPS) is 11.6. The molecule has 0 spiro atoms. The average molecular weight is 221 g/mol. The molecule has 0 heterocycles. The lowest BCUT2D eigenvalue weighted by Gasteiger charge is -2.10. The van der Waals surface area contributed by atoms with Crippen LogP contribution >= 0.6 is 0 Å². The number of amides is 2. The summed E-state index contributed by atoms with van der Waals surface area (Å²) >= 11 is 0. The van der Waals surface area contributed by atoms with Gasteiger partial charge in [-0.15, -0.1) is 0 Å². The third-order valence-corrected chi connectivity index (χ3v) is 1.94. The molecule has 1 rings (SSSR count). The zero-order chi connectivity index (χ0) is 12.0. The van der Waals surface area contributed by atoms with Gasteiger partial charge in [0.25, 0.3) is 5.91 Å². The maximum Gasteiger partial charge on any atom is 0.408 e. The van der Waals surface area contributed by atoms with Crippen molar-refractivity contribution >= 4 is 12.0 Å². The Kier molecular flexibility index (Phi) is 4.32. The van der Waals surface area contributed by atoms with Crippen molar-refractivity contribution in [2.24, 2.45) is 0 Å². The molecular weight excluding hydrogens is 208 g/mol. The third-order valence-electron chi connectivity index (χ3n) is 1.94. The van der Waals surface area contributed by atoms with Gasteiger partial charge in [0.1, 0.15) is 12.6 Å². The van der Waals surface area contributed by atoms with Gasteiger partial charge in [-0.2, -0.15) is 0 Å². The number of benzene rings is 1. The Hall–Kier alpha value is -2.04. The van der Waals surface area contributed by atoms with Crippen LogP contribution in [0.5, 0.6) is 0 Å². The summed E-state index contributed by atoms with van der Waals surface area (Å²) in [5.74, 6) is -0.850. The van der Waals surface area contributed by atoms with Crippen LogP contribution in [0.4, 0.5) is 4.79 Å². The van der Waals surface area contributed by atoms with Crippen LogP contribution in [0.25, 0.3) is 0 Å². The van der Waals surface area contributed by atoms with Crippen LogP contribution < -0.4 is 11.1 Å².